The zero-order valence-corrected chi connectivity index (χ0v) is 11.3. The molecule has 7 heteroatoms. The normalized spacial score (nSPS) is 16.8. The summed E-state index contributed by atoms with van der Waals surface area (Å²) in [5.74, 6) is -2.37. The Hall–Kier alpha value is -1.63. The number of benzene rings is 1. The molecule has 1 unspecified atom stereocenters. The summed E-state index contributed by atoms with van der Waals surface area (Å²) in [7, 11) is 0. The second kappa shape index (κ2) is 5.40. The van der Waals surface area contributed by atoms with E-state index in [1.54, 1.807) is 24.3 Å². The summed E-state index contributed by atoms with van der Waals surface area (Å²) in [5.41, 5.74) is 6.45. The molecule has 0 spiro atoms. The van der Waals surface area contributed by atoms with Crippen LogP contribution in [0.5, 0.6) is 0 Å². The lowest BCUT2D eigenvalue weighted by Crippen LogP contribution is -2.47. The Kier molecular flexibility index (Phi) is 3.99. The Labute approximate surface area is 119 Å². The number of rotatable bonds is 3. The highest BCUT2D eigenvalue weighted by atomic mass is 32.1. The van der Waals surface area contributed by atoms with Crippen LogP contribution in [-0.4, -0.2) is 35.1 Å². The van der Waals surface area contributed by atoms with Gasteiger partial charge >= 0.3 is 6.18 Å². The molecule has 20 heavy (non-hydrogen) atoms. The molecule has 1 amide bonds. The molecule has 108 valence electrons. The van der Waals surface area contributed by atoms with Gasteiger partial charge in [0.2, 0.25) is 0 Å². The predicted molar refractivity (Wildman–Crippen MR) is 72.4 cm³/mol. The molecule has 1 aliphatic heterocycles. The van der Waals surface area contributed by atoms with Crippen LogP contribution in [0, 0.1) is 5.92 Å². The largest absolute Gasteiger partial charge is 0.399 e. The number of fused-ring (bicyclic) bond motifs is 1. The van der Waals surface area contributed by atoms with Gasteiger partial charge < -0.3 is 10.6 Å². The molecule has 0 fully saturated rings. The molecular formula is C13H13F3N2OS. The average molecular weight is 302 g/mol. The SMILES string of the molecule is NC(=S)C(CN1CCc2ccccc2C1=O)C(F)(F)F. The van der Waals surface area contributed by atoms with Crippen molar-refractivity contribution in [3.63, 3.8) is 0 Å². The summed E-state index contributed by atoms with van der Waals surface area (Å²) in [6.45, 7) is -0.281. The molecular weight excluding hydrogens is 289 g/mol. The molecule has 2 rings (SSSR count). The Bertz CT molecular complexity index is 545. The van der Waals surface area contributed by atoms with Gasteiger partial charge in [0, 0.05) is 18.7 Å². The van der Waals surface area contributed by atoms with E-state index in [0.29, 0.717) is 12.0 Å². The van der Waals surface area contributed by atoms with Crippen LogP contribution >= 0.6 is 12.2 Å². The fourth-order valence-electron chi connectivity index (χ4n) is 2.22. The van der Waals surface area contributed by atoms with Gasteiger partial charge in [-0.25, -0.2) is 0 Å². The topological polar surface area (TPSA) is 46.3 Å². The molecule has 0 aliphatic carbocycles. The third kappa shape index (κ3) is 2.92. The van der Waals surface area contributed by atoms with Crippen LogP contribution in [0.4, 0.5) is 13.2 Å². The fourth-order valence-corrected chi connectivity index (χ4v) is 2.43. The molecule has 0 radical (unpaired) electrons. The molecule has 1 heterocycles. The lowest BCUT2D eigenvalue weighted by molar-refractivity contribution is -0.157. The van der Waals surface area contributed by atoms with Crippen molar-refractivity contribution in [1.82, 2.24) is 4.90 Å². The summed E-state index contributed by atoms with van der Waals surface area (Å²) in [6, 6.07) is 6.91. The van der Waals surface area contributed by atoms with Gasteiger partial charge in [-0.05, 0) is 18.1 Å². The number of nitrogens with zero attached hydrogens (tertiary/aromatic N) is 1. The first-order valence-electron chi connectivity index (χ1n) is 6.04. The van der Waals surface area contributed by atoms with Crippen molar-refractivity contribution in [2.75, 3.05) is 13.1 Å². The van der Waals surface area contributed by atoms with Gasteiger partial charge in [-0.15, -0.1) is 0 Å². The van der Waals surface area contributed by atoms with Crippen LogP contribution in [0.25, 0.3) is 0 Å². The van der Waals surface area contributed by atoms with Crippen molar-refractivity contribution in [2.24, 2.45) is 11.7 Å². The maximum absolute atomic E-state index is 12.8. The van der Waals surface area contributed by atoms with Crippen molar-refractivity contribution in [1.29, 1.82) is 0 Å². The average Bonchev–Trinajstić information content (AvgIpc) is 2.36. The maximum Gasteiger partial charge on any atom is 0.399 e. The van der Waals surface area contributed by atoms with Crippen LogP contribution in [-0.2, 0) is 6.42 Å². The minimum absolute atomic E-state index is 0.241. The number of nitrogens with two attached hydrogens (primary N) is 1. The van der Waals surface area contributed by atoms with Gasteiger partial charge in [-0.3, -0.25) is 4.79 Å². The van der Waals surface area contributed by atoms with E-state index < -0.39 is 29.5 Å². The zero-order chi connectivity index (χ0) is 14.9. The van der Waals surface area contributed by atoms with E-state index in [1.807, 2.05) is 0 Å². The number of carbonyl (C=O) groups excluding carboxylic acids is 1. The van der Waals surface area contributed by atoms with Gasteiger partial charge in [-0.1, -0.05) is 30.4 Å². The van der Waals surface area contributed by atoms with Gasteiger partial charge in [0.05, 0.1) is 4.99 Å². The fraction of sp³-hybridized carbons (Fsp3) is 0.385. The first kappa shape index (κ1) is 14.8. The highest BCUT2D eigenvalue weighted by Crippen LogP contribution is 2.29. The van der Waals surface area contributed by atoms with Crippen molar-refractivity contribution < 1.29 is 18.0 Å². The summed E-state index contributed by atoms with van der Waals surface area (Å²) in [6.07, 6.45) is -4.01. The molecule has 2 N–H and O–H groups in total. The number of thiocarbonyl (C=S) groups is 1. The molecule has 1 aliphatic rings. The molecule has 0 saturated heterocycles. The Morgan fingerprint density at radius 3 is 2.65 bits per heavy atom. The maximum atomic E-state index is 12.8. The Morgan fingerprint density at radius 1 is 1.40 bits per heavy atom. The van der Waals surface area contributed by atoms with Crippen LogP contribution in [0.2, 0.25) is 0 Å². The van der Waals surface area contributed by atoms with E-state index >= 15 is 0 Å². The molecule has 0 saturated carbocycles. The van der Waals surface area contributed by atoms with Gasteiger partial charge in [0.25, 0.3) is 5.91 Å². The Morgan fingerprint density at radius 2 is 2.05 bits per heavy atom. The van der Waals surface area contributed by atoms with E-state index in [4.69, 9.17) is 5.73 Å². The first-order chi connectivity index (χ1) is 9.30. The van der Waals surface area contributed by atoms with Crippen LogP contribution < -0.4 is 5.73 Å². The van der Waals surface area contributed by atoms with Crippen molar-refractivity contribution in [2.45, 2.75) is 12.6 Å². The lowest BCUT2D eigenvalue weighted by Gasteiger charge is -2.32. The molecule has 0 bridgehead atoms. The first-order valence-corrected chi connectivity index (χ1v) is 6.44. The third-order valence-electron chi connectivity index (χ3n) is 3.33. The number of hydrogen-bond donors (Lipinski definition) is 1. The van der Waals surface area contributed by atoms with Crippen LogP contribution in [0.15, 0.2) is 24.3 Å². The van der Waals surface area contributed by atoms with Gasteiger partial charge in [-0.2, -0.15) is 13.2 Å². The second-order valence-electron chi connectivity index (χ2n) is 4.65. The van der Waals surface area contributed by atoms with Crippen molar-refractivity contribution in [3.8, 4) is 0 Å². The monoisotopic (exact) mass is 302 g/mol. The summed E-state index contributed by atoms with van der Waals surface area (Å²) >= 11 is 4.47. The zero-order valence-electron chi connectivity index (χ0n) is 10.5. The highest BCUT2D eigenvalue weighted by Gasteiger charge is 2.43. The van der Waals surface area contributed by atoms with Gasteiger partial charge in [0.15, 0.2) is 0 Å². The quantitative estimate of drug-likeness (QED) is 0.870. The predicted octanol–water partition coefficient (Wildman–Crippen LogP) is 2.15. The minimum Gasteiger partial charge on any atom is -0.393 e. The van der Waals surface area contributed by atoms with Gasteiger partial charge in [0.1, 0.15) is 5.92 Å². The lowest BCUT2D eigenvalue weighted by atomic mass is 9.98. The third-order valence-corrected chi connectivity index (χ3v) is 3.61. The number of carbonyl (C=O) groups is 1. The summed E-state index contributed by atoms with van der Waals surface area (Å²) < 4.78 is 38.5. The number of halogens is 3. The molecule has 1 aromatic carbocycles. The standard InChI is InChI=1S/C13H13F3N2OS/c14-13(15,16)10(11(17)20)7-18-6-5-8-3-1-2-4-9(8)12(18)19/h1-4,10H,5-7H2,(H2,17,20). The van der Waals surface area contributed by atoms with Crippen LogP contribution in [0.1, 0.15) is 15.9 Å². The smallest absolute Gasteiger partial charge is 0.393 e. The highest BCUT2D eigenvalue weighted by molar-refractivity contribution is 7.80. The summed E-state index contributed by atoms with van der Waals surface area (Å²) in [4.78, 5) is 12.7. The van der Waals surface area contributed by atoms with E-state index in [1.165, 1.54) is 4.90 Å². The van der Waals surface area contributed by atoms with E-state index in [2.05, 4.69) is 12.2 Å². The molecule has 3 nitrogen and oxygen atoms in total. The number of alkyl halides is 3. The van der Waals surface area contributed by atoms with Crippen molar-refractivity contribution >= 4 is 23.1 Å². The van der Waals surface area contributed by atoms with E-state index in [0.717, 1.165) is 5.56 Å². The number of amides is 1. The molecule has 1 aromatic rings. The van der Waals surface area contributed by atoms with E-state index in [-0.39, 0.29) is 6.54 Å². The second-order valence-corrected chi connectivity index (χ2v) is 5.13. The minimum atomic E-state index is -4.54. The molecule has 1 atom stereocenters. The Balaban J connectivity index is 2.20. The summed E-state index contributed by atoms with van der Waals surface area (Å²) in [5, 5.41) is 0. The van der Waals surface area contributed by atoms with E-state index in [9.17, 15) is 18.0 Å². The number of hydrogen-bond acceptors (Lipinski definition) is 2. The van der Waals surface area contributed by atoms with Crippen LogP contribution in [0.3, 0.4) is 0 Å². The van der Waals surface area contributed by atoms with Crippen molar-refractivity contribution in [3.05, 3.63) is 35.4 Å². The molecule has 0 aromatic heterocycles.